The van der Waals surface area contributed by atoms with Gasteiger partial charge in [0.1, 0.15) is 24.4 Å². The van der Waals surface area contributed by atoms with E-state index in [1.165, 1.54) is 0 Å². The number of esters is 4. The molecular formula is C58H102N4O12. The Morgan fingerprint density at radius 3 is 0.662 bits per heavy atom. The van der Waals surface area contributed by atoms with Crippen LogP contribution in [0.25, 0.3) is 0 Å². The van der Waals surface area contributed by atoms with Crippen molar-refractivity contribution in [2.75, 3.05) is 0 Å². The number of piperidine rings is 4. The fraction of sp³-hybridized carbons (Fsp3) is 0.931. The molecule has 74 heavy (non-hydrogen) atoms. The lowest BCUT2D eigenvalue weighted by Crippen LogP contribution is -2.61. The van der Waals surface area contributed by atoms with Gasteiger partial charge in [-0.15, -0.1) is 41.1 Å². The van der Waals surface area contributed by atoms with Crippen molar-refractivity contribution in [3.63, 3.8) is 0 Å². The number of hydroxylamine groups is 8. The average molecular weight is 1050 g/mol. The van der Waals surface area contributed by atoms with Crippen LogP contribution in [0.4, 0.5) is 0 Å². The van der Waals surface area contributed by atoms with Crippen LogP contribution in [-0.2, 0) is 59.0 Å². The molecule has 4 aliphatic rings. The Labute approximate surface area is 447 Å². The lowest BCUT2D eigenvalue weighted by atomic mass is 9.76. The molecule has 16 nitrogen and oxygen atoms in total. The minimum Gasteiger partial charge on any atom is -0.461 e. The lowest BCUT2D eigenvalue weighted by molar-refractivity contribution is -0.301. The normalized spacial score (nSPS) is 24.8. The summed E-state index contributed by atoms with van der Waals surface area (Å²) >= 11 is 0. The predicted molar refractivity (Wildman–Crippen MR) is 280 cm³/mol. The fourth-order valence-electron chi connectivity index (χ4n) is 13.8. The fourth-order valence-corrected chi connectivity index (χ4v) is 13.8. The molecule has 0 aromatic heterocycles. The molecule has 0 N–H and O–H groups in total. The first-order chi connectivity index (χ1) is 33.8. The monoisotopic (exact) mass is 1050 g/mol. The standard InChI is InChI=1S/C58H102N4O12/c1-19-21-29-57(45(63)71-41-33-49(3,4)59(67)50(5,6)34-41,46(64)72-42-35-51(7,8)60(68)52(9,10)36-42)31-27-25-23-24-26-28-32-58(30-22-20-2,47(65)73-43-37-53(11,12)61(69)54(13,14)38-43)48(66)74-44-39-55(15,16)62(70)56(17,18)40-44/h41-44H,19-40H2,1-18H3. The van der Waals surface area contributed by atoms with Gasteiger partial charge in [0.15, 0.2) is 10.8 Å². The van der Waals surface area contributed by atoms with Gasteiger partial charge in [-0.1, -0.05) is 78.1 Å². The molecule has 0 aromatic rings. The van der Waals surface area contributed by atoms with Crippen LogP contribution >= 0.6 is 0 Å². The van der Waals surface area contributed by atoms with E-state index in [0.717, 1.165) is 45.9 Å². The van der Waals surface area contributed by atoms with Crippen LogP contribution in [0.2, 0.25) is 0 Å². The summed E-state index contributed by atoms with van der Waals surface area (Å²) in [4.78, 5) is 59.4. The van der Waals surface area contributed by atoms with E-state index in [1.807, 2.05) is 125 Å². The number of hydrogen-bond donors (Lipinski definition) is 0. The minimum atomic E-state index is -1.59. The van der Waals surface area contributed by atoms with Crippen molar-refractivity contribution >= 4 is 23.9 Å². The molecule has 4 radical (unpaired) electrons. The SMILES string of the molecule is CCCCC(CCCCCCCCC(CCCC)(C(=O)OC1CC(C)(C)N([O])C(C)(C)C1)C(=O)OC1CC(C)(C)N([O])C(C)(C)C1)(C(=O)OC1CC(C)(C)N([O])C(C)(C)C1)C(=O)OC1CC(C)(C)N([O])C(C)(C)C1. The molecular weight excluding hydrogens is 945 g/mol. The number of hydrogen-bond acceptors (Lipinski definition) is 12. The van der Waals surface area contributed by atoms with Gasteiger partial charge in [0.25, 0.3) is 0 Å². The maximum atomic E-state index is 14.8. The first kappa shape index (κ1) is 64.1. The highest BCUT2D eigenvalue weighted by Crippen LogP contribution is 2.46. The van der Waals surface area contributed by atoms with Gasteiger partial charge in [-0.05, 0) is 136 Å². The number of unbranched alkanes of at least 4 members (excludes halogenated alkanes) is 7. The van der Waals surface area contributed by atoms with Gasteiger partial charge in [0, 0.05) is 95.7 Å². The van der Waals surface area contributed by atoms with E-state index in [-0.39, 0.29) is 25.7 Å². The summed E-state index contributed by atoms with van der Waals surface area (Å²) in [7, 11) is 0. The third-order valence-electron chi connectivity index (χ3n) is 17.2. The third-order valence-corrected chi connectivity index (χ3v) is 17.2. The molecule has 16 heteroatoms. The Balaban J connectivity index is 1.55. The maximum Gasteiger partial charge on any atom is 0.323 e. The molecule has 0 aromatic carbocycles. The van der Waals surface area contributed by atoms with Crippen LogP contribution in [-0.4, -0.2) is 113 Å². The Kier molecular flexibility index (Phi) is 20.7. The van der Waals surface area contributed by atoms with Crippen LogP contribution in [0, 0.1) is 10.8 Å². The first-order valence-electron chi connectivity index (χ1n) is 28.5. The predicted octanol–water partition coefficient (Wildman–Crippen LogP) is 12.1. The van der Waals surface area contributed by atoms with Crippen LogP contribution < -0.4 is 0 Å². The van der Waals surface area contributed by atoms with Crippen LogP contribution in [0.3, 0.4) is 0 Å². The third kappa shape index (κ3) is 14.8. The molecule has 0 unspecified atom stereocenters. The zero-order valence-corrected chi connectivity index (χ0v) is 49.6. The second-order valence-electron chi connectivity index (χ2n) is 28.4. The molecule has 4 fully saturated rings. The van der Waals surface area contributed by atoms with Crippen molar-refractivity contribution in [2.45, 2.75) is 335 Å². The molecule has 0 amide bonds. The molecule has 426 valence electrons. The Hall–Kier alpha value is -2.44. The van der Waals surface area contributed by atoms with E-state index in [0.29, 0.717) is 89.9 Å². The van der Waals surface area contributed by atoms with E-state index in [9.17, 15) is 40.0 Å². The zero-order valence-electron chi connectivity index (χ0n) is 49.6. The summed E-state index contributed by atoms with van der Waals surface area (Å²) in [6.45, 7) is 33.6. The van der Waals surface area contributed by atoms with Gasteiger partial charge in [0.2, 0.25) is 0 Å². The van der Waals surface area contributed by atoms with E-state index in [1.54, 1.807) is 0 Å². The summed E-state index contributed by atoms with van der Waals surface area (Å²) in [6.07, 6.45) is 7.71. The van der Waals surface area contributed by atoms with Crippen molar-refractivity contribution in [1.82, 2.24) is 20.3 Å². The van der Waals surface area contributed by atoms with Gasteiger partial charge in [-0.25, -0.2) is 0 Å². The summed E-state index contributed by atoms with van der Waals surface area (Å²) < 4.78 is 25.5. The molecule has 0 spiro atoms. The van der Waals surface area contributed by atoms with E-state index in [4.69, 9.17) is 18.9 Å². The molecule has 0 atom stereocenters. The molecule has 4 saturated heterocycles. The quantitative estimate of drug-likeness (QED) is 0.0407. The summed E-state index contributed by atoms with van der Waals surface area (Å²) in [6, 6.07) is 0. The second-order valence-corrected chi connectivity index (χ2v) is 28.4. The summed E-state index contributed by atoms with van der Waals surface area (Å²) in [5.74, 6) is -2.48. The van der Waals surface area contributed by atoms with Crippen molar-refractivity contribution in [3.8, 4) is 0 Å². The number of nitrogens with zero attached hydrogens (tertiary/aromatic N) is 4. The largest absolute Gasteiger partial charge is 0.461 e. The van der Waals surface area contributed by atoms with Crippen LogP contribution in [0.5, 0.6) is 0 Å². The molecule has 0 aliphatic carbocycles. The Morgan fingerprint density at radius 1 is 0.324 bits per heavy atom. The topological polar surface area (TPSA) is 198 Å². The Morgan fingerprint density at radius 2 is 0.486 bits per heavy atom. The van der Waals surface area contributed by atoms with Gasteiger partial charge < -0.3 is 18.9 Å². The highest BCUT2D eigenvalue weighted by Gasteiger charge is 2.57. The smallest absolute Gasteiger partial charge is 0.323 e. The first-order valence-corrected chi connectivity index (χ1v) is 28.5. The van der Waals surface area contributed by atoms with Gasteiger partial charge in [-0.2, -0.15) is 0 Å². The van der Waals surface area contributed by atoms with E-state index >= 15 is 0 Å². The zero-order chi connectivity index (χ0) is 56.3. The average Bonchev–Trinajstić information content (AvgIpc) is 3.25. The minimum absolute atomic E-state index is 0.209. The number of carbonyl (C=O) groups is 4. The van der Waals surface area contributed by atoms with Crippen molar-refractivity contribution < 1.29 is 59.0 Å². The number of carbonyl (C=O) groups excluding carboxylic acids is 4. The van der Waals surface area contributed by atoms with E-state index < -0.39 is 103 Å². The highest BCUT2D eigenvalue weighted by atomic mass is 16.6. The molecule has 0 saturated carbocycles. The van der Waals surface area contributed by atoms with Crippen LogP contribution in [0.1, 0.15) is 266 Å². The molecule has 0 bridgehead atoms. The molecule has 4 aliphatic heterocycles. The van der Waals surface area contributed by atoms with Gasteiger partial charge >= 0.3 is 23.9 Å². The van der Waals surface area contributed by atoms with E-state index in [2.05, 4.69) is 0 Å². The van der Waals surface area contributed by atoms with Gasteiger partial charge in [-0.3, -0.25) is 19.2 Å². The lowest BCUT2D eigenvalue weighted by Gasteiger charge is -2.50. The Bertz CT molecular complexity index is 1590. The second kappa shape index (κ2) is 23.9. The summed E-state index contributed by atoms with van der Waals surface area (Å²) in [5.41, 5.74) is -9.56. The van der Waals surface area contributed by atoms with Crippen molar-refractivity contribution in [3.05, 3.63) is 0 Å². The number of rotatable bonds is 23. The van der Waals surface area contributed by atoms with Crippen molar-refractivity contribution in [2.24, 2.45) is 10.8 Å². The van der Waals surface area contributed by atoms with Gasteiger partial charge in [0.05, 0.1) is 0 Å². The maximum absolute atomic E-state index is 14.8. The molecule has 4 rings (SSSR count). The molecule has 4 heterocycles. The summed E-state index contributed by atoms with van der Waals surface area (Å²) in [5, 5.41) is 57.4. The highest BCUT2D eigenvalue weighted by molar-refractivity contribution is 6.01. The van der Waals surface area contributed by atoms with Crippen molar-refractivity contribution in [1.29, 1.82) is 0 Å². The number of ether oxygens (including phenoxy) is 4. The van der Waals surface area contributed by atoms with Crippen LogP contribution in [0.15, 0.2) is 0 Å².